The molecule has 3 unspecified atom stereocenters. The van der Waals surface area contributed by atoms with Gasteiger partial charge in [0.2, 0.25) is 6.41 Å². The van der Waals surface area contributed by atoms with Crippen LogP contribution >= 0.6 is 0 Å². The summed E-state index contributed by atoms with van der Waals surface area (Å²) in [7, 11) is 2.08. The number of H-pyrrole nitrogens is 1. The van der Waals surface area contributed by atoms with Gasteiger partial charge >= 0.3 is 0 Å². The van der Waals surface area contributed by atoms with Crippen molar-refractivity contribution >= 4 is 12.3 Å². The number of piperidine rings is 2. The summed E-state index contributed by atoms with van der Waals surface area (Å²) in [6.07, 6.45) is 9.86. The maximum atomic E-state index is 13.9. The fourth-order valence-electron chi connectivity index (χ4n) is 5.30. The zero-order valence-corrected chi connectivity index (χ0v) is 19.4. The highest BCUT2D eigenvalue weighted by Crippen LogP contribution is 2.36. The molecule has 3 saturated heterocycles. The molecule has 5 heterocycles. The number of aryl methyl sites for hydroxylation is 1. The summed E-state index contributed by atoms with van der Waals surface area (Å²) in [5.74, 6) is -0.443. The first kappa shape index (κ1) is 23.4. The van der Waals surface area contributed by atoms with Gasteiger partial charge in [-0.15, -0.1) is 0 Å². The van der Waals surface area contributed by atoms with Crippen molar-refractivity contribution < 1.29 is 14.0 Å². The molecule has 2 bridgehead atoms. The molecule has 178 valence electrons. The topological polar surface area (TPSA) is 94.2 Å². The van der Waals surface area contributed by atoms with Crippen molar-refractivity contribution in [2.45, 2.75) is 70.0 Å². The molecule has 3 fully saturated rings. The van der Waals surface area contributed by atoms with Crippen molar-refractivity contribution in [2.75, 3.05) is 20.1 Å². The van der Waals surface area contributed by atoms with E-state index in [4.69, 9.17) is 0 Å². The molecule has 0 spiro atoms. The molecule has 2 N–H and O–H groups in total. The Kier molecular flexibility index (Phi) is 7.37. The number of nitrogens with one attached hydrogen (secondary N) is 2. The molecule has 5 rings (SSSR count). The summed E-state index contributed by atoms with van der Waals surface area (Å²) in [6, 6.07) is 4.38. The number of hydrogen-bond acceptors (Lipinski definition) is 5. The Hall–Kier alpha value is -2.81. The number of nitrogens with zero attached hydrogens (tertiary/aromatic N) is 4. The molecule has 3 aliphatic rings. The Morgan fingerprint density at radius 3 is 2.64 bits per heavy atom. The first-order valence-electron chi connectivity index (χ1n) is 11.8. The molecule has 2 amide bonds. The van der Waals surface area contributed by atoms with Crippen LogP contribution in [0.2, 0.25) is 0 Å². The summed E-state index contributed by atoms with van der Waals surface area (Å²) in [4.78, 5) is 31.0. The SMILES string of the molecule is CN1CCCC(NC=O)C1.Cc1cc(-c2cc(C(=O)N3C4CCCC3CC4)[nH]n2)c(F)cn1. The van der Waals surface area contributed by atoms with Gasteiger partial charge in [-0.3, -0.25) is 19.7 Å². The molecule has 33 heavy (non-hydrogen) atoms. The van der Waals surface area contributed by atoms with E-state index in [0.29, 0.717) is 40.8 Å². The second-order valence-electron chi connectivity index (χ2n) is 9.39. The minimum atomic E-state index is -0.431. The van der Waals surface area contributed by atoms with Gasteiger partial charge in [-0.05, 0) is 77.6 Å². The number of carbonyl (C=O) groups excluding carboxylic acids is 2. The summed E-state index contributed by atoms with van der Waals surface area (Å²) < 4.78 is 13.9. The van der Waals surface area contributed by atoms with Crippen molar-refractivity contribution in [1.29, 1.82) is 0 Å². The second-order valence-corrected chi connectivity index (χ2v) is 9.39. The number of halogens is 1. The number of aromatic amines is 1. The van der Waals surface area contributed by atoms with E-state index in [2.05, 4.69) is 32.4 Å². The normalized spacial score (nSPS) is 24.7. The Morgan fingerprint density at radius 2 is 1.94 bits per heavy atom. The van der Waals surface area contributed by atoms with Crippen LogP contribution in [0.1, 0.15) is 61.1 Å². The van der Waals surface area contributed by atoms with Crippen LogP contribution in [0, 0.1) is 12.7 Å². The molecule has 0 saturated carbocycles. The number of carbonyl (C=O) groups is 2. The van der Waals surface area contributed by atoms with Gasteiger partial charge in [-0.25, -0.2) is 4.39 Å². The molecule has 3 atom stereocenters. The monoisotopic (exact) mass is 456 g/mol. The molecule has 2 aromatic heterocycles. The zero-order valence-electron chi connectivity index (χ0n) is 19.4. The highest BCUT2D eigenvalue weighted by Gasteiger charge is 2.40. The van der Waals surface area contributed by atoms with Crippen molar-refractivity contribution in [3.05, 3.63) is 35.5 Å². The highest BCUT2D eigenvalue weighted by atomic mass is 19.1. The van der Waals surface area contributed by atoms with E-state index < -0.39 is 5.82 Å². The first-order valence-corrected chi connectivity index (χ1v) is 11.8. The molecule has 3 aliphatic heterocycles. The second kappa shape index (κ2) is 10.4. The molecule has 0 aromatic carbocycles. The van der Waals surface area contributed by atoms with E-state index >= 15 is 0 Å². The zero-order chi connectivity index (χ0) is 23.4. The number of fused-ring (bicyclic) bond motifs is 2. The Labute approximate surface area is 193 Å². The highest BCUT2D eigenvalue weighted by molar-refractivity contribution is 5.94. The summed E-state index contributed by atoms with van der Waals surface area (Å²) in [5.41, 5.74) is 1.97. The number of hydrogen-bond donors (Lipinski definition) is 2. The third-order valence-corrected chi connectivity index (χ3v) is 6.93. The quantitative estimate of drug-likeness (QED) is 0.690. The third-order valence-electron chi connectivity index (χ3n) is 6.93. The van der Waals surface area contributed by atoms with Gasteiger partial charge < -0.3 is 15.1 Å². The first-order chi connectivity index (χ1) is 16.0. The molecule has 0 radical (unpaired) electrons. The average Bonchev–Trinajstić information content (AvgIpc) is 3.38. The van der Waals surface area contributed by atoms with Crippen molar-refractivity contribution in [2.24, 2.45) is 0 Å². The number of amides is 2. The fraction of sp³-hybridized carbons (Fsp3) is 0.583. The van der Waals surface area contributed by atoms with E-state index in [9.17, 15) is 14.0 Å². The molecule has 2 aromatic rings. The number of pyridine rings is 1. The van der Waals surface area contributed by atoms with Crippen LogP contribution in [-0.2, 0) is 4.79 Å². The minimum Gasteiger partial charge on any atom is -0.355 e. The van der Waals surface area contributed by atoms with Crippen LogP contribution in [0.15, 0.2) is 18.3 Å². The van der Waals surface area contributed by atoms with Gasteiger partial charge in [0, 0.05) is 35.9 Å². The van der Waals surface area contributed by atoms with Gasteiger partial charge in [0.1, 0.15) is 5.69 Å². The summed E-state index contributed by atoms with van der Waals surface area (Å²) in [6.45, 7) is 3.96. The van der Waals surface area contributed by atoms with Crippen LogP contribution in [-0.4, -0.2) is 75.6 Å². The summed E-state index contributed by atoms with van der Waals surface area (Å²) in [5, 5.41) is 9.72. The van der Waals surface area contributed by atoms with Gasteiger partial charge in [-0.2, -0.15) is 5.10 Å². The van der Waals surface area contributed by atoms with Gasteiger partial charge in [-0.1, -0.05) is 0 Å². The maximum Gasteiger partial charge on any atom is 0.272 e. The lowest BCUT2D eigenvalue weighted by atomic mass is 10.0. The number of aromatic nitrogens is 3. The minimum absolute atomic E-state index is 0.0119. The lowest BCUT2D eigenvalue weighted by Crippen LogP contribution is -2.44. The predicted molar refractivity (Wildman–Crippen MR) is 123 cm³/mol. The fourth-order valence-corrected chi connectivity index (χ4v) is 5.30. The number of rotatable bonds is 4. The largest absolute Gasteiger partial charge is 0.355 e. The van der Waals surface area contributed by atoms with Gasteiger partial charge in [0.25, 0.3) is 5.91 Å². The van der Waals surface area contributed by atoms with Crippen molar-refractivity contribution in [1.82, 2.24) is 30.3 Å². The van der Waals surface area contributed by atoms with E-state index in [0.717, 1.165) is 51.6 Å². The molecule has 9 heteroatoms. The molecular formula is C24H33FN6O2. The third kappa shape index (κ3) is 5.40. The van der Waals surface area contributed by atoms with Gasteiger partial charge in [0.15, 0.2) is 5.82 Å². The van der Waals surface area contributed by atoms with Crippen LogP contribution < -0.4 is 5.32 Å². The van der Waals surface area contributed by atoms with Crippen LogP contribution in [0.25, 0.3) is 11.3 Å². The molecule has 0 aliphatic carbocycles. The summed E-state index contributed by atoms with van der Waals surface area (Å²) >= 11 is 0. The van der Waals surface area contributed by atoms with Crippen LogP contribution in [0.4, 0.5) is 4.39 Å². The average molecular weight is 457 g/mol. The molecular weight excluding hydrogens is 423 g/mol. The Balaban J connectivity index is 0.000000219. The standard InChI is InChI=1S/C17H19FN4O.C7H14N2O/c1-10-7-13(14(18)9-19-10)15-8-16(21-20-15)17(23)22-11-3-2-4-12(22)6-5-11;1-9-4-2-3-7(5-9)8-6-10/h7-9,11-12H,2-6H2,1H3,(H,20,21);6-7H,2-5H2,1H3,(H,8,10). The number of likely N-dealkylation sites (N-methyl/N-ethyl adjacent to an activating group) is 1. The Morgan fingerprint density at radius 1 is 1.18 bits per heavy atom. The lowest BCUT2D eigenvalue weighted by Gasteiger charge is -2.34. The van der Waals surface area contributed by atoms with Crippen LogP contribution in [0.5, 0.6) is 0 Å². The van der Waals surface area contributed by atoms with Crippen molar-refractivity contribution in [3.63, 3.8) is 0 Å². The van der Waals surface area contributed by atoms with Crippen molar-refractivity contribution in [3.8, 4) is 11.3 Å². The van der Waals surface area contributed by atoms with Crippen LogP contribution in [0.3, 0.4) is 0 Å². The molecule has 8 nitrogen and oxygen atoms in total. The van der Waals surface area contributed by atoms with E-state index in [1.54, 1.807) is 19.1 Å². The van der Waals surface area contributed by atoms with E-state index in [1.807, 2.05) is 4.90 Å². The predicted octanol–water partition coefficient (Wildman–Crippen LogP) is 2.90. The lowest BCUT2D eigenvalue weighted by molar-refractivity contribution is -0.110. The maximum absolute atomic E-state index is 13.9. The van der Waals surface area contributed by atoms with Gasteiger partial charge in [0.05, 0.1) is 11.9 Å². The van der Waals surface area contributed by atoms with E-state index in [1.165, 1.54) is 19.0 Å². The van der Waals surface area contributed by atoms with E-state index in [-0.39, 0.29) is 5.91 Å². The smallest absolute Gasteiger partial charge is 0.272 e. The number of likely N-dealkylation sites (tertiary alicyclic amines) is 1. The Bertz CT molecular complexity index is 964.